The summed E-state index contributed by atoms with van der Waals surface area (Å²) in [4.78, 5) is 17.8. The first-order valence-electron chi connectivity index (χ1n) is 11.3. The first kappa shape index (κ1) is 23.9. The van der Waals surface area contributed by atoms with Gasteiger partial charge in [0.25, 0.3) is 5.56 Å². The molecule has 34 heavy (non-hydrogen) atoms. The Morgan fingerprint density at radius 1 is 0.971 bits per heavy atom. The highest BCUT2D eigenvalue weighted by Crippen LogP contribution is 2.34. The third-order valence-corrected chi connectivity index (χ3v) is 6.37. The second-order valence-electron chi connectivity index (χ2n) is 8.49. The monoisotopic (exact) mass is 469 g/mol. The number of ether oxygens (including phenoxy) is 1. The maximum absolute atomic E-state index is 13.7. The predicted octanol–water partition coefficient (Wildman–Crippen LogP) is 3.70. The summed E-state index contributed by atoms with van der Waals surface area (Å²) in [6, 6.07) is 13.5. The van der Waals surface area contributed by atoms with Crippen LogP contribution in [0.4, 0.5) is 14.5 Å². The quantitative estimate of drug-likeness (QED) is 0.572. The molecule has 4 rings (SSSR count). The van der Waals surface area contributed by atoms with Crippen LogP contribution in [0, 0.1) is 18.6 Å². The van der Waals surface area contributed by atoms with Gasteiger partial charge in [0.05, 0.1) is 18.2 Å². The summed E-state index contributed by atoms with van der Waals surface area (Å²) >= 11 is 0. The molecule has 2 aromatic carbocycles. The summed E-state index contributed by atoms with van der Waals surface area (Å²) in [5.41, 5.74) is 2.28. The predicted molar refractivity (Wildman–Crippen MR) is 127 cm³/mol. The van der Waals surface area contributed by atoms with Crippen molar-refractivity contribution in [2.24, 2.45) is 0 Å². The molecule has 0 saturated carbocycles. The average Bonchev–Trinajstić information content (AvgIpc) is 2.83. The van der Waals surface area contributed by atoms with Gasteiger partial charge in [-0.05, 0) is 55.0 Å². The van der Waals surface area contributed by atoms with E-state index >= 15 is 0 Å². The van der Waals surface area contributed by atoms with Crippen LogP contribution in [0.1, 0.15) is 22.9 Å². The van der Waals surface area contributed by atoms with Crippen LogP contribution in [-0.2, 0) is 11.3 Å². The lowest BCUT2D eigenvalue weighted by Crippen LogP contribution is -2.49. The zero-order valence-corrected chi connectivity index (χ0v) is 19.4. The van der Waals surface area contributed by atoms with Crippen LogP contribution in [0.15, 0.2) is 59.4 Å². The van der Waals surface area contributed by atoms with Crippen LogP contribution in [-0.4, -0.2) is 54.5 Å². The number of benzene rings is 2. The molecule has 0 unspecified atom stereocenters. The van der Waals surface area contributed by atoms with E-state index in [0.29, 0.717) is 45.0 Å². The zero-order valence-electron chi connectivity index (χ0n) is 19.4. The van der Waals surface area contributed by atoms with Crippen molar-refractivity contribution < 1.29 is 18.6 Å². The Morgan fingerprint density at radius 3 is 2.15 bits per heavy atom. The summed E-state index contributed by atoms with van der Waals surface area (Å²) in [5.74, 6) is -0.723. The molecule has 0 bridgehead atoms. The van der Waals surface area contributed by atoms with E-state index in [-0.39, 0.29) is 28.5 Å². The molecular weight excluding hydrogens is 440 g/mol. The fourth-order valence-electron chi connectivity index (χ4n) is 4.58. The van der Waals surface area contributed by atoms with Gasteiger partial charge in [-0.2, -0.15) is 0 Å². The summed E-state index contributed by atoms with van der Waals surface area (Å²) in [7, 11) is 1.57. The molecule has 3 aromatic rings. The molecule has 1 aliphatic heterocycles. The number of anilines is 1. The third-order valence-electron chi connectivity index (χ3n) is 6.37. The summed E-state index contributed by atoms with van der Waals surface area (Å²) in [6.07, 6.45) is 0. The highest BCUT2D eigenvalue weighted by Gasteiger charge is 2.31. The first-order valence-corrected chi connectivity index (χ1v) is 11.3. The van der Waals surface area contributed by atoms with Gasteiger partial charge in [-0.25, -0.2) is 8.78 Å². The van der Waals surface area contributed by atoms with E-state index in [0.717, 1.165) is 11.3 Å². The molecule has 0 aliphatic carbocycles. The summed E-state index contributed by atoms with van der Waals surface area (Å²) in [6.45, 7) is 5.02. The molecule has 1 fully saturated rings. The number of hydrogen-bond donors (Lipinski definition) is 1. The molecule has 1 atom stereocenters. The van der Waals surface area contributed by atoms with E-state index < -0.39 is 6.04 Å². The minimum absolute atomic E-state index is 0.0774. The van der Waals surface area contributed by atoms with E-state index in [1.165, 1.54) is 24.3 Å². The molecule has 1 saturated heterocycles. The van der Waals surface area contributed by atoms with Crippen LogP contribution in [0.2, 0.25) is 0 Å². The minimum Gasteiger partial charge on any atom is -0.507 e. The molecule has 8 heteroatoms. The normalized spacial score (nSPS) is 15.5. The Morgan fingerprint density at radius 2 is 1.56 bits per heavy atom. The fraction of sp³-hybridized carbons (Fsp3) is 0.346. The fourth-order valence-corrected chi connectivity index (χ4v) is 4.58. The van der Waals surface area contributed by atoms with Crippen molar-refractivity contribution in [2.75, 3.05) is 44.8 Å². The van der Waals surface area contributed by atoms with Gasteiger partial charge in [-0.15, -0.1) is 0 Å². The van der Waals surface area contributed by atoms with E-state index in [1.807, 2.05) is 0 Å². The van der Waals surface area contributed by atoms with Gasteiger partial charge in [-0.1, -0.05) is 12.1 Å². The van der Waals surface area contributed by atoms with Crippen molar-refractivity contribution >= 4 is 5.69 Å². The van der Waals surface area contributed by atoms with E-state index in [1.54, 1.807) is 48.9 Å². The number of halogens is 2. The maximum atomic E-state index is 13.7. The summed E-state index contributed by atoms with van der Waals surface area (Å²) in [5, 5.41) is 10.9. The number of aromatic hydroxyl groups is 1. The molecule has 0 amide bonds. The molecule has 1 aliphatic rings. The molecule has 1 N–H and O–H groups in total. The number of aromatic nitrogens is 1. The smallest absolute Gasteiger partial charge is 0.259 e. The minimum atomic E-state index is -0.544. The van der Waals surface area contributed by atoms with Gasteiger partial charge in [0.2, 0.25) is 0 Å². The van der Waals surface area contributed by atoms with Crippen molar-refractivity contribution in [1.82, 2.24) is 9.47 Å². The topological polar surface area (TPSA) is 57.9 Å². The first-order chi connectivity index (χ1) is 16.4. The van der Waals surface area contributed by atoms with Crippen molar-refractivity contribution in [3.63, 3.8) is 0 Å². The SMILES string of the molecule is COCCn1c(C)cc(O)c([C@@H](c2ccc(F)cc2)N2CCN(c3ccc(F)cc3)CC2)c1=O. The molecule has 0 spiro atoms. The Hall–Kier alpha value is -3.23. The van der Waals surface area contributed by atoms with Gasteiger partial charge in [0.1, 0.15) is 17.4 Å². The van der Waals surface area contributed by atoms with E-state index in [9.17, 15) is 18.7 Å². The Balaban J connectivity index is 1.70. The summed E-state index contributed by atoms with van der Waals surface area (Å²) < 4.78 is 33.8. The van der Waals surface area contributed by atoms with Crippen molar-refractivity contribution in [2.45, 2.75) is 19.5 Å². The van der Waals surface area contributed by atoms with Crippen LogP contribution >= 0.6 is 0 Å². The van der Waals surface area contributed by atoms with Crippen molar-refractivity contribution in [1.29, 1.82) is 0 Å². The number of piperazine rings is 1. The molecule has 1 aromatic heterocycles. The molecule has 0 radical (unpaired) electrons. The molecule has 6 nitrogen and oxygen atoms in total. The van der Waals surface area contributed by atoms with Gasteiger partial charge < -0.3 is 19.3 Å². The lowest BCUT2D eigenvalue weighted by molar-refractivity contribution is 0.183. The lowest BCUT2D eigenvalue weighted by Gasteiger charge is -2.40. The van der Waals surface area contributed by atoms with Crippen LogP contribution in [0.3, 0.4) is 0 Å². The van der Waals surface area contributed by atoms with Gasteiger partial charge in [-0.3, -0.25) is 9.69 Å². The molecule has 180 valence electrons. The Bertz CT molecular complexity index is 1170. The van der Waals surface area contributed by atoms with Gasteiger partial charge >= 0.3 is 0 Å². The average molecular weight is 470 g/mol. The van der Waals surface area contributed by atoms with Gasteiger partial charge in [0.15, 0.2) is 0 Å². The van der Waals surface area contributed by atoms with Crippen LogP contribution in [0.25, 0.3) is 0 Å². The second-order valence-corrected chi connectivity index (χ2v) is 8.49. The van der Waals surface area contributed by atoms with Crippen molar-refractivity contribution in [3.05, 3.63) is 93.4 Å². The number of pyridine rings is 1. The standard InChI is InChI=1S/C26H29F2N3O3/c1-18-17-23(32)24(26(33)31(18)15-16-34-2)25(19-3-5-20(27)6-4-19)30-13-11-29(12-14-30)22-9-7-21(28)8-10-22/h3-10,17,25,32H,11-16H2,1-2H3/t25-/m1/s1. The lowest BCUT2D eigenvalue weighted by atomic mass is 9.96. The van der Waals surface area contributed by atoms with Crippen molar-refractivity contribution in [3.8, 4) is 5.75 Å². The number of rotatable bonds is 7. The molecule has 2 heterocycles. The van der Waals surface area contributed by atoms with E-state index in [4.69, 9.17) is 4.74 Å². The third kappa shape index (κ3) is 4.98. The largest absolute Gasteiger partial charge is 0.507 e. The zero-order chi connectivity index (χ0) is 24.2. The highest BCUT2D eigenvalue weighted by molar-refractivity contribution is 5.47. The Labute approximate surface area is 197 Å². The number of nitrogens with zero attached hydrogens (tertiary/aromatic N) is 3. The van der Waals surface area contributed by atoms with Crippen LogP contribution in [0.5, 0.6) is 5.75 Å². The molecular formula is C26H29F2N3O3. The Kier molecular flexibility index (Phi) is 7.29. The van der Waals surface area contributed by atoms with Gasteiger partial charge in [0, 0.05) is 51.2 Å². The number of hydrogen-bond acceptors (Lipinski definition) is 5. The van der Waals surface area contributed by atoms with Crippen LogP contribution < -0.4 is 10.5 Å². The number of aryl methyl sites for hydroxylation is 1. The number of methoxy groups -OCH3 is 1. The maximum Gasteiger partial charge on any atom is 0.259 e. The van der Waals surface area contributed by atoms with E-state index in [2.05, 4.69) is 9.80 Å². The highest BCUT2D eigenvalue weighted by atomic mass is 19.1. The second kappa shape index (κ2) is 10.4.